The normalized spacial score (nSPS) is 12.0. The fourth-order valence-electron chi connectivity index (χ4n) is 3.46. The maximum absolute atomic E-state index is 12.4. The number of benzene rings is 2. The minimum Gasteiger partial charge on any atom is -0.391 e. The van der Waals surface area contributed by atoms with E-state index in [-0.39, 0.29) is 18.0 Å². The van der Waals surface area contributed by atoms with Crippen LogP contribution < -0.4 is 16.1 Å². The summed E-state index contributed by atoms with van der Waals surface area (Å²) in [7, 11) is 1.86. The molecule has 0 fully saturated rings. The maximum Gasteiger partial charge on any atom is 0.268 e. The summed E-state index contributed by atoms with van der Waals surface area (Å²) in [4.78, 5) is 42.5. The molecule has 2 aromatic carbocycles. The number of aromatic nitrogens is 1. The minimum absolute atomic E-state index is 0.136. The maximum atomic E-state index is 12.4. The third kappa shape index (κ3) is 8.53. The first-order valence-electron chi connectivity index (χ1n) is 11.8. The van der Waals surface area contributed by atoms with Crippen LogP contribution >= 0.6 is 0 Å². The Morgan fingerprint density at radius 3 is 2.16 bits per heavy atom. The van der Waals surface area contributed by atoms with E-state index in [4.69, 9.17) is 5.21 Å². The fraction of sp³-hybridized carbons (Fsp3) is 0.214. The standard InChI is InChI=1S/C28H29N5O5/c1-19(34)26(28(37)32-38)31-27(36)22-12-8-20(9-13-22)6-7-21-10-14-23(15-11-21)30-25(35)18-33(2)17-24-5-3-4-16-29-24/h3-5,8-16,19,26,34,38H,17-18H2,1-2H3,(H,30,35)(H,31,36)(H,32,37)/t19-,26+/m1/s1. The molecule has 3 amide bonds. The van der Waals surface area contributed by atoms with Crippen molar-refractivity contribution in [2.45, 2.75) is 25.6 Å². The predicted octanol–water partition coefficient (Wildman–Crippen LogP) is 1.54. The molecule has 0 unspecified atom stereocenters. The molecule has 0 spiro atoms. The quantitative estimate of drug-likeness (QED) is 0.165. The van der Waals surface area contributed by atoms with Gasteiger partial charge < -0.3 is 15.7 Å². The van der Waals surface area contributed by atoms with Gasteiger partial charge >= 0.3 is 0 Å². The molecule has 10 heteroatoms. The highest BCUT2D eigenvalue weighted by molar-refractivity contribution is 5.97. The lowest BCUT2D eigenvalue weighted by atomic mass is 10.1. The number of amides is 3. The van der Waals surface area contributed by atoms with Crippen molar-refractivity contribution < 1.29 is 24.7 Å². The molecular weight excluding hydrogens is 486 g/mol. The van der Waals surface area contributed by atoms with Crippen molar-refractivity contribution in [1.29, 1.82) is 0 Å². The van der Waals surface area contributed by atoms with E-state index in [0.29, 0.717) is 17.8 Å². The van der Waals surface area contributed by atoms with Crippen LogP contribution in [0.25, 0.3) is 0 Å². The van der Waals surface area contributed by atoms with Gasteiger partial charge in [-0.3, -0.25) is 29.5 Å². The molecule has 5 N–H and O–H groups in total. The Morgan fingerprint density at radius 1 is 0.974 bits per heavy atom. The van der Waals surface area contributed by atoms with Crippen LogP contribution in [-0.2, 0) is 16.1 Å². The fourth-order valence-corrected chi connectivity index (χ4v) is 3.46. The van der Waals surface area contributed by atoms with Crippen molar-refractivity contribution in [1.82, 2.24) is 20.7 Å². The summed E-state index contributed by atoms with van der Waals surface area (Å²) in [5, 5.41) is 23.6. The Labute approximate surface area is 220 Å². The Bertz CT molecular complexity index is 1300. The minimum atomic E-state index is -1.30. The van der Waals surface area contributed by atoms with Crippen molar-refractivity contribution in [2.75, 3.05) is 18.9 Å². The Hall–Kier alpha value is -4.56. The summed E-state index contributed by atoms with van der Waals surface area (Å²) in [5.74, 6) is 4.39. The van der Waals surface area contributed by atoms with Crippen molar-refractivity contribution in [3.8, 4) is 11.8 Å². The summed E-state index contributed by atoms with van der Waals surface area (Å²) in [5.41, 5.74) is 4.63. The molecule has 3 rings (SSSR count). The number of nitrogens with zero attached hydrogens (tertiary/aromatic N) is 2. The van der Waals surface area contributed by atoms with Crippen molar-refractivity contribution in [3.63, 3.8) is 0 Å². The average molecular weight is 516 g/mol. The van der Waals surface area contributed by atoms with E-state index in [0.717, 1.165) is 11.3 Å². The lowest BCUT2D eigenvalue weighted by Crippen LogP contribution is -2.51. The highest BCUT2D eigenvalue weighted by atomic mass is 16.5. The number of hydrogen-bond acceptors (Lipinski definition) is 7. The number of hydrogen-bond donors (Lipinski definition) is 5. The predicted molar refractivity (Wildman–Crippen MR) is 141 cm³/mol. The summed E-state index contributed by atoms with van der Waals surface area (Å²) in [6.45, 7) is 2.11. The van der Waals surface area contributed by atoms with E-state index in [9.17, 15) is 19.5 Å². The van der Waals surface area contributed by atoms with Gasteiger partial charge in [0.2, 0.25) is 5.91 Å². The molecular formula is C28H29N5O5. The van der Waals surface area contributed by atoms with Crippen LogP contribution in [0.5, 0.6) is 0 Å². The zero-order valence-electron chi connectivity index (χ0n) is 21.0. The number of aliphatic hydroxyl groups is 1. The molecule has 38 heavy (non-hydrogen) atoms. The highest BCUT2D eigenvalue weighted by Crippen LogP contribution is 2.10. The van der Waals surface area contributed by atoms with Gasteiger partial charge in [-0.2, -0.15) is 0 Å². The molecule has 0 aliphatic rings. The number of rotatable bonds is 9. The van der Waals surface area contributed by atoms with Gasteiger partial charge in [-0.15, -0.1) is 0 Å². The summed E-state index contributed by atoms with van der Waals surface area (Å²) in [6.07, 6.45) is 0.523. The largest absolute Gasteiger partial charge is 0.391 e. The van der Waals surface area contributed by atoms with Crippen LogP contribution in [0.1, 0.15) is 34.1 Å². The van der Waals surface area contributed by atoms with E-state index in [1.54, 1.807) is 54.7 Å². The summed E-state index contributed by atoms with van der Waals surface area (Å²) in [6, 6.07) is 17.9. The average Bonchev–Trinajstić information content (AvgIpc) is 2.91. The van der Waals surface area contributed by atoms with Crippen LogP contribution in [-0.4, -0.2) is 63.7 Å². The van der Waals surface area contributed by atoms with Gasteiger partial charge in [0, 0.05) is 35.1 Å². The number of nitrogens with one attached hydrogen (secondary N) is 3. The second kappa shape index (κ2) is 13.7. The van der Waals surface area contributed by atoms with E-state index in [1.807, 2.05) is 30.1 Å². The van der Waals surface area contributed by atoms with Gasteiger partial charge in [-0.1, -0.05) is 17.9 Å². The molecule has 2 atom stereocenters. The molecule has 0 aliphatic heterocycles. The van der Waals surface area contributed by atoms with Gasteiger partial charge in [0.25, 0.3) is 11.8 Å². The Balaban J connectivity index is 1.53. The zero-order valence-corrected chi connectivity index (χ0v) is 21.0. The first kappa shape index (κ1) is 28.0. The number of anilines is 1. The lowest BCUT2D eigenvalue weighted by Gasteiger charge is -2.19. The molecule has 3 aromatic rings. The molecule has 0 bridgehead atoms. The molecule has 0 aliphatic carbocycles. The molecule has 1 aromatic heterocycles. The van der Waals surface area contributed by atoms with Crippen LogP contribution in [0, 0.1) is 11.8 Å². The van der Waals surface area contributed by atoms with Crippen LogP contribution in [0.15, 0.2) is 72.9 Å². The first-order valence-corrected chi connectivity index (χ1v) is 11.8. The smallest absolute Gasteiger partial charge is 0.268 e. The lowest BCUT2D eigenvalue weighted by molar-refractivity contribution is -0.133. The van der Waals surface area contributed by atoms with Gasteiger partial charge in [0.05, 0.1) is 18.3 Å². The topological polar surface area (TPSA) is 144 Å². The van der Waals surface area contributed by atoms with E-state index < -0.39 is 24.0 Å². The number of pyridine rings is 1. The number of aliphatic hydroxyl groups excluding tert-OH is 1. The SMILES string of the molecule is C[C@@H](O)[C@H](NC(=O)c1ccc(C#Cc2ccc(NC(=O)CN(C)Cc3ccccn3)cc2)cc1)C(=O)NO. The molecule has 1 heterocycles. The van der Waals surface area contributed by atoms with Gasteiger partial charge in [0.15, 0.2) is 0 Å². The van der Waals surface area contributed by atoms with E-state index >= 15 is 0 Å². The van der Waals surface area contributed by atoms with Crippen molar-refractivity contribution in [2.24, 2.45) is 0 Å². The molecule has 0 radical (unpaired) electrons. The summed E-state index contributed by atoms with van der Waals surface area (Å²) < 4.78 is 0. The van der Waals surface area contributed by atoms with E-state index in [1.165, 1.54) is 12.4 Å². The number of likely N-dealkylation sites (N-methyl/N-ethyl adjacent to an activating group) is 1. The van der Waals surface area contributed by atoms with Crippen LogP contribution in [0.2, 0.25) is 0 Å². The zero-order chi connectivity index (χ0) is 27.5. The van der Waals surface area contributed by atoms with Gasteiger partial charge in [-0.25, -0.2) is 5.48 Å². The van der Waals surface area contributed by atoms with E-state index in [2.05, 4.69) is 27.5 Å². The van der Waals surface area contributed by atoms with Crippen molar-refractivity contribution >= 4 is 23.4 Å². The second-order valence-corrected chi connectivity index (χ2v) is 8.61. The van der Waals surface area contributed by atoms with Crippen LogP contribution in [0.4, 0.5) is 5.69 Å². The third-order valence-electron chi connectivity index (χ3n) is 5.40. The second-order valence-electron chi connectivity index (χ2n) is 8.61. The summed E-state index contributed by atoms with van der Waals surface area (Å²) >= 11 is 0. The molecule has 10 nitrogen and oxygen atoms in total. The molecule has 196 valence electrons. The number of carbonyl (C=O) groups is 3. The molecule has 0 saturated carbocycles. The van der Waals surface area contributed by atoms with Crippen molar-refractivity contribution in [3.05, 3.63) is 95.3 Å². The number of hydroxylamine groups is 1. The monoisotopic (exact) mass is 515 g/mol. The van der Waals surface area contributed by atoms with Crippen LogP contribution in [0.3, 0.4) is 0 Å². The van der Waals surface area contributed by atoms with Gasteiger partial charge in [-0.05, 0) is 74.6 Å². The number of carbonyl (C=O) groups excluding carboxylic acids is 3. The Kier molecular flexibility index (Phi) is 10.1. The highest BCUT2D eigenvalue weighted by Gasteiger charge is 2.25. The first-order chi connectivity index (χ1) is 18.2. The molecule has 0 saturated heterocycles. The third-order valence-corrected chi connectivity index (χ3v) is 5.40. The van der Waals surface area contributed by atoms with Gasteiger partial charge in [0.1, 0.15) is 6.04 Å². The Morgan fingerprint density at radius 2 is 1.61 bits per heavy atom.